The van der Waals surface area contributed by atoms with E-state index in [0.29, 0.717) is 29.7 Å². The molecule has 7 heteroatoms. The van der Waals surface area contributed by atoms with E-state index in [4.69, 9.17) is 22.1 Å². The number of pyridine rings is 1. The Hall–Kier alpha value is -3.25. The molecule has 0 amide bonds. The number of benzene rings is 2. The average Bonchev–Trinajstić information content (AvgIpc) is 3.09. The summed E-state index contributed by atoms with van der Waals surface area (Å²) >= 11 is 5.81. The van der Waals surface area contributed by atoms with E-state index in [-0.39, 0.29) is 0 Å². The third kappa shape index (κ3) is 4.30. The number of aromatic nitrogens is 3. The second-order valence-corrected chi connectivity index (χ2v) is 6.57. The van der Waals surface area contributed by atoms with Gasteiger partial charge in [0.15, 0.2) is 0 Å². The van der Waals surface area contributed by atoms with Crippen LogP contribution in [0.2, 0.25) is 5.02 Å². The van der Waals surface area contributed by atoms with Crippen molar-refractivity contribution < 1.29 is 4.74 Å². The van der Waals surface area contributed by atoms with E-state index in [9.17, 15) is 0 Å². The number of nitrogens with zero attached hydrogens (tertiary/aromatic N) is 2. The lowest BCUT2D eigenvalue weighted by molar-refractivity contribution is 0.294. The fourth-order valence-corrected chi connectivity index (χ4v) is 2.77. The van der Waals surface area contributed by atoms with E-state index in [2.05, 4.69) is 32.4 Å². The number of aromatic amines is 1. The van der Waals surface area contributed by atoms with Crippen LogP contribution in [0, 0.1) is 0 Å². The number of ether oxygens (including phenoxy) is 1. The number of nitrogen functional groups attached to an aromatic ring is 1. The van der Waals surface area contributed by atoms with Gasteiger partial charge in [-0.3, -0.25) is 0 Å². The molecule has 27 heavy (non-hydrogen) atoms. The number of fused-ring (bicyclic) bond motifs is 1. The molecule has 0 aliphatic heterocycles. The number of nitrogens with one attached hydrogen (secondary N) is 2. The molecule has 2 heterocycles. The number of anilines is 2. The van der Waals surface area contributed by atoms with Crippen molar-refractivity contribution in [2.24, 2.45) is 0 Å². The van der Waals surface area contributed by atoms with Crippen LogP contribution < -0.4 is 15.8 Å². The Balaban J connectivity index is 1.33. The Morgan fingerprint density at radius 1 is 1.04 bits per heavy atom. The van der Waals surface area contributed by atoms with Crippen molar-refractivity contribution in [3.8, 4) is 5.88 Å². The first-order chi connectivity index (χ1) is 13.2. The largest absolute Gasteiger partial charge is 0.473 e. The Morgan fingerprint density at radius 2 is 1.85 bits per heavy atom. The van der Waals surface area contributed by atoms with Crippen LogP contribution in [-0.4, -0.2) is 15.0 Å². The highest BCUT2D eigenvalue weighted by Gasteiger charge is 2.03. The Bertz CT molecular complexity index is 1040. The van der Waals surface area contributed by atoms with Gasteiger partial charge in [0.05, 0.1) is 16.1 Å². The summed E-state index contributed by atoms with van der Waals surface area (Å²) in [5.41, 5.74) is 10.5. The molecule has 0 atom stereocenters. The minimum absolute atomic E-state index is 0.452. The minimum atomic E-state index is 0.452. The van der Waals surface area contributed by atoms with Crippen molar-refractivity contribution in [2.45, 2.75) is 13.2 Å². The fraction of sp³-hybridized carbons (Fsp3) is 0.100. The molecule has 4 aromatic rings. The molecule has 0 aliphatic carbocycles. The van der Waals surface area contributed by atoms with Gasteiger partial charge >= 0.3 is 0 Å². The first kappa shape index (κ1) is 17.2. The maximum Gasteiger partial charge on any atom is 0.213 e. The summed E-state index contributed by atoms with van der Waals surface area (Å²) in [5.74, 6) is 1.27. The first-order valence-electron chi connectivity index (χ1n) is 8.47. The number of halogens is 1. The van der Waals surface area contributed by atoms with Gasteiger partial charge in [-0.05, 0) is 35.4 Å². The normalized spacial score (nSPS) is 10.9. The topological polar surface area (TPSA) is 88.8 Å². The highest BCUT2D eigenvalue weighted by Crippen LogP contribution is 2.18. The van der Waals surface area contributed by atoms with Crippen LogP contribution >= 0.6 is 11.6 Å². The summed E-state index contributed by atoms with van der Waals surface area (Å²) in [6, 6.07) is 17.3. The van der Waals surface area contributed by atoms with Crippen molar-refractivity contribution in [3.63, 3.8) is 0 Å². The summed E-state index contributed by atoms with van der Waals surface area (Å²) in [7, 11) is 0. The van der Waals surface area contributed by atoms with Gasteiger partial charge in [-0.1, -0.05) is 35.9 Å². The molecule has 0 unspecified atom stereocenters. The summed E-state index contributed by atoms with van der Waals surface area (Å²) < 4.78 is 5.65. The zero-order valence-corrected chi connectivity index (χ0v) is 15.2. The molecule has 0 aliphatic rings. The van der Waals surface area contributed by atoms with Crippen LogP contribution in [0.25, 0.3) is 11.0 Å². The number of imidazole rings is 1. The molecule has 4 N–H and O–H groups in total. The summed E-state index contributed by atoms with van der Waals surface area (Å²) in [4.78, 5) is 11.8. The van der Waals surface area contributed by atoms with Crippen LogP contribution in [-0.2, 0) is 13.2 Å². The first-order valence-corrected chi connectivity index (χ1v) is 8.85. The second-order valence-electron chi connectivity index (χ2n) is 6.14. The molecular formula is C20H18ClN5O. The monoisotopic (exact) mass is 379 g/mol. The van der Waals surface area contributed by atoms with Crippen LogP contribution in [0.15, 0.2) is 60.8 Å². The molecule has 0 fully saturated rings. The zero-order valence-electron chi connectivity index (χ0n) is 14.4. The predicted molar refractivity (Wildman–Crippen MR) is 108 cm³/mol. The summed E-state index contributed by atoms with van der Waals surface area (Å²) in [6.45, 7) is 1.11. The predicted octanol–water partition coefficient (Wildman–Crippen LogP) is 4.38. The number of rotatable bonds is 6. The van der Waals surface area contributed by atoms with Crippen LogP contribution in [0.3, 0.4) is 0 Å². The molecule has 0 saturated heterocycles. The van der Waals surface area contributed by atoms with Gasteiger partial charge in [0.2, 0.25) is 11.8 Å². The maximum atomic E-state index is 5.81. The van der Waals surface area contributed by atoms with Crippen molar-refractivity contribution in [3.05, 3.63) is 76.9 Å². The highest BCUT2D eigenvalue weighted by molar-refractivity contribution is 6.30. The van der Waals surface area contributed by atoms with Crippen molar-refractivity contribution in [1.82, 2.24) is 15.0 Å². The maximum absolute atomic E-state index is 5.81. The number of nitrogens with two attached hydrogens (primary N) is 1. The quantitative estimate of drug-likeness (QED) is 0.432. The average molecular weight is 380 g/mol. The van der Waals surface area contributed by atoms with Crippen LogP contribution in [0.1, 0.15) is 11.1 Å². The molecule has 4 rings (SSSR count). The molecular weight excluding hydrogens is 362 g/mol. The highest BCUT2D eigenvalue weighted by atomic mass is 35.5. The number of hydrogen-bond donors (Lipinski definition) is 3. The molecule has 0 bridgehead atoms. The molecule has 0 saturated carbocycles. The van der Waals surface area contributed by atoms with E-state index in [1.54, 1.807) is 18.3 Å². The van der Waals surface area contributed by atoms with Gasteiger partial charge in [0.25, 0.3) is 0 Å². The summed E-state index contributed by atoms with van der Waals surface area (Å²) in [6.07, 6.45) is 1.57. The van der Waals surface area contributed by atoms with E-state index < -0.39 is 0 Å². The minimum Gasteiger partial charge on any atom is -0.473 e. The lowest BCUT2D eigenvalue weighted by Gasteiger charge is -2.07. The van der Waals surface area contributed by atoms with Gasteiger partial charge in [-0.15, -0.1) is 0 Å². The Morgan fingerprint density at radius 3 is 2.63 bits per heavy atom. The third-order valence-electron chi connectivity index (χ3n) is 4.08. The Labute approximate surface area is 161 Å². The number of H-pyrrole nitrogens is 1. The Kier molecular flexibility index (Phi) is 4.80. The van der Waals surface area contributed by atoms with E-state index in [1.165, 1.54) is 0 Å². The summed E-state index contributed by atoms with van der Waals surface area (Å²) in [5, 5.41) is 3.88. The SMILES string of the molecule is Nc1ccc2nc(NCc3ccc(COc4ccc(Cl)cn4)cc3)[nH]c2c1. The van der Waals surface area contributed by atoms with Crippen molar-refractivity contribution in [1.29, 1.82) is 0 Å². The van der Waals surface area contributed by atoms with Crippen LogP contribution in [0.4, 0.5) is 11.6 Å². The molecule has 6 nitrogen and oxygen atoms in total. The van der Waals surface area contributed by atoms with Gasteiger partial charge in [-0.25, -0.2) is 9.97 Å². The molecule has 2 aromatic carbocycles. The van der Waals surface area contributed by atoms with Gasteiger partial charge in [0, 0.05) is 24.5 Å². The third-order valence-corrected chi connectivity index (χ3v) is 4.30. The fourth-order valence-electron chi connectivity index (χ4n) is 2.65. The lowest BCUT2D eigenvalue weighted by Crippen LogP contribution is -2.02. The smallest absolute Gasteiger partial charge is 0.213 e. The van der Waals surface area contributed by atoms with Crippen molar-refractivity contribution in [2.75, 3.05) is 11.1 Å². The van der Waals surface area contributed by atoms with Gasteiger partial charge in [0.1, 0.15) is 6.61 Å². The second kappa shape index (κ2) is 7.55. The molecule has 0 radical (unpaired) electrons. The standard InChI is InChI=1S/C20H18ClN5O/c21-15-5-8-19(23-11-15)27-12-14-3-1-13(2-4-14)10-24-20-25-17-7-6-16(22)9-18(17)26-20/h1-9,11H,10,12,22H2,(H2,24,25,26). The van der Waals surface area contributed by atoms with E-state index in [0.717, 1.165) is 28.1 Å². The van der Waals surface area contributed by atoms with Gasteiger partial charge < -0.3 is 20.8 Å². The molecule has 0 spiro atoms. The lowest BCUT2D eigenvalue weighted by atomic mass is 10.1. The van der Waals surface area contributed by atoms with E-state index >= 15 is 0 Å². The zero-order chi connectivity index (χ0) is 18.6. The number of hydrogen-bond acceptors (Lipinski definition) is 5. The van der Waals surface area contributed by atoms with E-state index in [1.807, 2.05) is 30.3 Å². The molecule has 2 aromatic heterocycles. The van der Waals surface area contributed by atoms with Crippen LogP contribution in [0.5, 0.6) is 5.88 Å². The van der Waals surface area contributed by atoms with Crippen molar-refractivity contribution >= 4 is 34.3 Å². The van der Waals surface area contributed by atoms with Gasteiger partial charge in [-0.2, -0.15) is 0 Å². The molecule has 136 valence electrons.